The molecule has 0 aromatic carbocycles. The summed E-state index contributed by atoms with van der Waals surface area (Å²) in [5.74, 6) is 1.67. The topological polar surface area (TPSA) is 56.1 Å². The van der Waals surface area contributed by atoms with Crippen LogP contribution in [0.4, 0.5) is 5.13 Å². The van der Waals surface area contributed by atoms with Gasteiger partial charge in [0.2, 0.25) is 5.13 Å². The van der Waals surface area contributed by atoms with Crippen LogP contribution in [0.1, 0.15) is 38.4 Å². The van der Waals surface area contributed by atoms with E-state index < -0.39 is 0 Å². The van der Waals surface area contributed by atoms with Crippen molar-refractivity contribution in [3.05, 3.63) is 5.82 Å². The van der Waals surface area contributed by atoms with Crippen LogP contribution in [0, 0.1) is 11.3 Å². The fourth-order valence-electron chi connectivity index (χ4n) is 2.39. The summed E-state index contributed by atoms with van der Waals surface area (Å²) in [6.07, 6.45) is 2.50. The Morgan fingerprint density at radius 2 is 1.95 bits per heavy atom. The molecule has 6 heteroatoms. The standard InChI is InChI=1S/C13H19N5S/c1-13(2,9-14)18-7-5-17(6-8-18)12-15-11(16-19-12)10-3-4-10/h10H,3-8H2,1-2H3. The highest BCUT2D eigenvalue weighted by atomic mass is 32.1. The lowest BCUT2D eigenvalue weighted by atomic mass is 10.0. The van der Waals surface area contributed by atoms with Crippen LogP contribution in [0.3, 0.4) is 0 Å². The molecule has 2 aliphatic rings. The smallest absolute Gasteiger partial charge is 0.205 e. The number of hydrogen-bond donors (Lipinski definition) is 0. The number of nitriles is 1. The number of aromatic nitrogens is 2. The third kappa shape index (κ3) is 2.58. The molecule has 1 aliphatic heterocycles. The zero-order valence-electron chi connectivity index (χ0n) is 11.5. The summed E-state index contributed by atoms with van der Waals surface area (Å²) in [5.41, 5.74) is -0.369. The zero-order valence-corrected chi connectivity index (χ0v) is 12.3. The maximum absolute atomic E-state index is 9.17. The number of piperazine rings is 1. The van der Waals surface area contributed by atoms with E-state index in [2.05, 4.69) is 25.2 Å². The van der Waals surface area contributed by atoms with E-state index in [0.717, 1.165) is 37.1 Å². The zero-order chi connectivity index (χ0) is 13.5. The highest BCUT2D eigenvalue weighted by Gasteiger charge is 2.32. The molecule has 0 atom stereocenters. The Bertz CT molecular complexity index is 491. The van der Waals surface area contributed by atoms with Gasteiger partial charge in [-0.05, 0) is 26.7 Å². The van der Waals surface area contributed by atoms with Crippen LogP contribution in [-0.4, -0.2) is 46.0 Å². The Hall–Kier alpha value is -1.19. The van der Waals surface area contributed by atoms with Crippen molar-refractivity contribution in [1.29, 1.82) is 5.26 Å². The molecule has 2 fully saturated rings. The first-order valence-electron chi connectivity index (χ1n) is 6.85. The molecule has 0 N–H and O–H groups in total. The second-order valence-electron chi connectivity index (χ2n) is 5.85. The molecule has 1 aliphatic carbocycles. The summed E-state index contributed by atoms with van der Waals surface area (Å²) >= 11 is 1.52. The van der Waals surface area contributed by atoms with E-state index in [9.17, 15) is 5.26 Å². The molecule has 1 saturated heterocycles. The van der Waals surface area contributed by atoms with Crippen molar-refractivity contribution >= 4 is 16.7 Å². The SMILES string of the molecule is CC(C)(C#N)N1CCN(c2nc(C3CC3)ns2)CC1. The maximum Gasteiger partial charge on any atom is 0.205 e. The maximum atomic E-state index is 9.17. The minimum absolute atomic E-state index is 0.369. The molecule has 2 heterocycles. The molecule has 19 heavy (non-hydrogen) atoms. The molecule has 102 valence electrons. The molecule has 0 bridgehead atoms. The fraction of sp³-hybridized carbons (Fsp3) is 0.769. The van der Waals surface area contributed by atoms with E-state index in [4.69, 9.17) is 0 Å². The van der Waals surface area contributed by atoms with Crippen molar-refractivity contribution in [3.63, 3.8) is 0 Å². The minimum Gasteiger partial charge on any atom is -0.344 e. The third-order valence-corrected chi connectivity index (χ3v) is 4.78. The van der Waals surface area contributed by atoms with Crippen molar-refractivity contribution in [2.75, 3.05) is 31.1 Å². The van der Waals surface area contributed by atoms with Gasteiger partial charge in [0.05, 0.1) is 6.07 Å². The summed E-state index contributed by atoms with van der Waals surface area (Å²) in [5, 5.41) is 10.2. The normalized spacial score (nSPS) is 21.4. The van der Waals surface area contributed by atoms with Crippen LogP contribution in [0.25, 0.3) is 0 Å². The second-order valence-corrected chi connectivity index (χ2v) is 6.58. The van der Waals surface area contributed by atoms with Gasteiger partial charge in [-0.25, -0.2) is 4.98 Å². The third-order valence-electron chi connectivity index (χ3n) is 3.99. The Labute approximate surface area is 118 Å². The second kappa shape index (κ2) is 4.73. The van der Waals surface area contributed by atoms with Gasteiger partial charge >= 0.3 is 0 Å². The fourth-order valence-corrected chi connectivity index (χ4v) is 3.19. The van der Waals surface area contributed by atoms with Crippen molar-refractivity contribution in [1.82, 2.24) is 14.3 Å². The Balaban J connectivity index is 1.61. The van der Waals surface area contributed by atoms with Crippen LogP contribution in [0.5, 0.6) is 0 Å². The summed E-state index contributed by atoms with van der Waals surface area (Å²) < 4.78 is 4.46. The monoisotopic (exact) mass is 277 g/mol. The minimum atomic E-state index is -0.369. The van der Waals surface area contributed by atoms with E-state index >= 15 is 0 Å². The predicted molar refractivity (Wildman–Crippen MR) is 75.4 cm³/mol. The van der Waals surface area contributed by atoms with Crippen LogP contribution in [0.2, 0.25) is 0 Å². The predicted octanol–water partition coefficient (Wildman–Crippen LogP) is 1.84. The van der Waals surface area contributed by atoms with E-state index in [0.29, 0.717) is 5.92 Å². The van der Waals surface area contributed by atoms with Gasteiger partial charge in [-0.2, -0.15) is 9.64 Å². The number of rotatable bonds is 3. The summed E-state index contributed by atoms with van der Waals surface area (Å²) in [7, 11) is 0. The van der Waals surface area contributed by atoms with Crippen LogP contribution in [-0.2, 0) is 0 Å². The van der Waals surface area contributed by atoms with Crippen molar-refractivity contribution < 1.29 is 0 Å². The van der Waals surface area contributed by atoms with Crippen LogP contribution < -0.4 is 4.90 Å². The van der Waals surface area contributed by atoms with Crippen LogP contribution >= 0.6 is 11.5 Å². The molecular formula is C13H19N5S. The average molecular weight is 277 g/mol. The molecule has 1 aromatic rings. The van der Waals surface area contributed by atoms with Gasteiger partial charge < -0.3 is 4.90 Å². The largest absolute Gasteiger partial charge is 0.344 e. The number of anilines is 1. The number of hydrogen-bond acceptors (Lipinski definition) is 6. The average Bonchev–Trinajstić information content (AvgIpc) is 3.17. The van der Waals surface area contributed by atoms with Gasteiger partial charge in [-0.15, -0.1) is 0 Å². The first-order valence-corrected chi connectivity index (χ1v) is 7.62. The highest BCUT2D eigenvalue weighted by Crippen LogP contribution is 2.39. The molecule has 1 aromatic heterocycles. The quantitative estimate of drug-likeness (QED) is 0.844. The van der Waals surface area contributed by atoms with Gasteiger partial charge in [0.25, 0.3) is 0 Å². The molecule has 0 radical (unpaired) electrons. The molecule has 0 unspecified atom stereocenters. The number of nitrogens with zero attached hydrogens (tertiary/aromatic N) is 5. The van der Waals surface area contributed by atoms with Gasteiger partial charge in [0.1, 0.15) is 11.4 Å². The Morgan fingerprint density at radius 1 is 1.26 bits per heavy atom. The summed E-state index contributed by atoms with van der Waals surface area (Å²) in [6.45, 7) is 7.67. The molecule has 1 saturated carbocycles. The van der Waals surface area contributed by atoms with E-state index in [1.807, 2.05) is 13.8 Å². The molecule has 0 amide bonds. The lowest BCUT2D eigenvalue weighted by Gasteiger charge is -2.40. The Kier molecular flexibility index (Phi) is 3.19. The lowest BCUT2D eigenvalue weighted by molar-refractivity contribution is 0.158. The lowest BCUT2D eigenvalue weighted by Crippen LogP contribution is -2.54. The van der Waals surface area contributed by atoms with E-state index in [1.165, 1.54) is 24.4 Å². The van der Waals surface area contributed by atoms with Crippen molar-refractivity contribution in [2.45, 2.75) is 38.1 Å². The van der Waals surface area contributed by atoms with E-state index in [-0.39, 0.29) is 5.54 Å². The van der Waals surface area contributed by atoms with Gasteiger partial charge in [-0.3, -0.25) is 4.90 Å². The van der Waals surface area contributed by atoms with Gasteiger partial charge in [0, 0.05) is 43.6 Å². The molecule has 0 spiro atoms. The van der Waals surface area contributed by atoms with Gasteiger partial charge in [-0.1, -0.05) is 0 Å². The van der Waals surface area contributed by atoms with Crippen LogP contribution in [0.15, 0.2) is 0 Å². The first kappa shape index (κ1) is 12.8. The Morgan fingerprint density at radius 3 is 2.53 bits per heavy atom. The van der Waals surface area contributed by atoms with Crippen molar-refractivity contribution in [3.8, 4) is 6.07 Å². The van der Waals surface area contributed by atoms with Gasteiger partial charge in [0.15, 0.2) is 0 Å². The van der Waals surface area contributed by atoms with E-state index in [1.54, 1.807) is 0 Å². The molecule has 3 rings (SSSR count). The summed E-state index contributed by atoms with van der Waals surface area (Å²) in [6, 6.07) is 2.37. The molecule has 5 nitrogen and oxygen atoms in total. The summed E-state index contributed by atoms with van der Waals surface area (Å²) in [4.78, 5) is 9.19. The molecular weight excluding hydrogens is 258 g/mol. The highest BCUT2D eigenvalue weighted by molar-refractivity contribution is 7.09. The first-order chi connectivity index (χ1) is 9.10. The van der Waals surface area contributed by atoms with Crippen molar-refractivity contribution in [2.24, 2.45) is 0 Å².